The van der Waals surface area contributed by atoms with E-state index in [9.17, 15) is 13.2 Å². The van der Waals surface area contributed by atoms with Gasteiger partial charge < -0.3 is 19.5 Å². The lowest BCUT2D eigenvalue weighted by Crippen LogP contribution is -2.37. The van der Waals surface area contributed by atoms with Gasteiger partial charge in [-0.25, -0.2) is 8.42 Å². The fraction of sp³-hybridized carbons (Fsp3) is 0.174. The van der Waals surface area contributed by atoms with Crippen molar-refractivity contribution >= 4 is 27.3 Å². The molecule has 0 unspecified atom stereocenters. The summed E-state index contributed by atoms with van der Waals surface area (Å²) < 4.78 is 42.3. The van der Waals surface area contributed by atoms with Crippen LogP contribution in [0, 0.1) is 0 Å². The van der Waals surface area contributed by atoms with E-state index in [1.807, 2.05) is 18.2 Å². The average Bonchev–Trinajstić information content (AvgIpc) is 2.78. The lowest BCUT2D eigenvalue weighted by Gasteiger charge is -2.24. The summed E-state index contributed by atoms with van der Waals surface area (Å²) in [6.07, 6.45) is 1.02. The highest BCUT2D eigenvalue weighted by Gasteiger charge is 2.25. The first-order valence-electron chi connectivity index (χ1n) is 9.63. The predicted octanol–water partition coefficient (Wildman–Crippen LogP) is 3.90. The van der Waals surface area contributed by atoms with Gasteiger partial charge in [0.05, 0.1) is 31.9 Å². The Labute approximate surface area is 187 Å². The Balaban J connectivity index is 1.86. The minimum Gasteiger partial charge on any atom is -0.497 e. The first kappa shape index (κ1) is 23.0. The predicted molar refractivity (Wildman–Crippen MR) is 123 cm³/mol. The summed E-state index contributed by atoms with van der Waals surface area (Å²) in [5.41, 5.74) is 0.603. The SMILES string of the molecule is COc1ccc(OC)c(N(CC(=O)Nc2ccccc2Oc2ccccc2)S(C)(=O)=O)c1. The van der Waals surface area contributed by atoms with E-state index in [2.05, 4.69) is 5.32 Å². The van der Waals surface area contributed by atoms with Gasteiger partial charge in [0.15, 0.2) is 5.75 Å². The molecular weight excluding hydrogens is 432 g/mol. The minimum atomic E-state index is -3.82. The summed E-state index contributed by atoms with van der Waals surface area (Å²) in [5, 5.41) is 2.73. The zero-order valence-electron chi connectivity index (χ0n) is 17.9. The molecule has 3 aromatic carbocycles. The Morgan fingerprint density at radius 3 is 2.22 bits per heavy atom. The summed E-state index contributed by atoms with van der Waals surface area (Å²) in [6, 6.07) is 20.7. The van der Waals surface area contributed by atoms with Crippen molar-refractivity contribution in [3.8, 4) is 23.0 Å². The Hall–Kier alpha value is -3.72. The Bertz CT molecular complexity index is 1180. The molecule has 0 radical (unpaired) electrons. The molecule has 9 heteroatoms. The van der Waals surface area contributed by atoms with Gasteiger partial charge in [-0.2, -0.15) is 0 Å². The molecule has 0 fully saturated rings. The van der Waals surface area contributed by atoms with Gasteiger partial charge in [-0.15, -0.1) is 0 Å². The van der Waals surface area contributed by atoms with E-state index < -0.39 is 22.5 Å². The van der Waals surface area contributed by atoms with E-state index in [1.54, 1.807) is 48.5 Å². The molecule has 8 nitrogen and oxygen atoms in total. The highest BCUT2D eigenvalue weighted by atomic mass is 32.2. The number of amides is 1. The third kappa shape index (κ3) is 5.70. The quantitative estimate of drug-likeness (QED) is 0.525. The van der Waals surface area contributed by atoms with E-state index in [4.69, 9.17) is 14.2 Å². The van der Waals surface area contributed by atoms with E-state index in [0.717, 1.165) is 10.6 Å². The second kappa shape index (κ2) is 10.1. The Morgan fingerprint density at radius 2 is 1.56 bits per heavy atom. The van der Waals surface area contributed by atoms with Crippen LogP contribution in [0.25, 0.3) is 0 Å². The summed E-state index contributed by atoms with van der Waals surface area (Å²) in [7, 11) is -0.931. The zero-order chi connectivity index (χ0) is 23.1. The number of carbonyl (C=O) groups is 1. The van der Waals surface area contributed by atoms with Crippen LogP contribution in [-0.2, 0) is 14.8 Å². The standard InChI is InChI=1S/C23H24N2O6S/c1-29-18-13-14-22(30-2)20(15-18)25(32(3,27)28)16-23(26)24-19-11-7-8-12-21(19)31-17-9-5-4-6-10-17/h4-15H,16H2,1-3H3,(H,24,26). The molecule has 168 valence electrons. The van der Waals surface area contributed by atoms with Crippen LogP contribution in [0.5, 0.6) is 23.0 Å². The van der Waals surface area contributed by atoms with Gasteiger partial charge >= 0.3 is 0 Å². The topological polar surface area (TPSA) is 94.2 Å². The van der Waals surface area contributed by atoms with Gasteiger partial charge in [-0.3, -0.25) is 9.10 Å². The largest absolute Gasteiger partial charge is 0.497 e. The Kier molecular flexibility index (Phi) is 7.21. The van der Waals surface area contributed by atoms with Crippen molar-refractivity contribution in [3.05, 3.63) is 72.8 Å². The van der Waals surface area contributed by atoms with Crippen molar-refractivity contribution in [1.29, 1.82) is 0 Å². The number of hydrogen-bond donors (Lipinski definition) is 1. The lowest BCUT2D eigenvalue weighted by atomic mass is 10.2. The number of methoxy groups -OCH3 is 2. The van der Waals surface area contributed by atoms with Crippen LogP contribution in [0.3, 0.4) is 0 Å². The Morgan fingerprint density at radius 1 is 0.875 bits per heavy atom. The molecule has 32 heavy (non-hydrogen) atoms. The first-order valence-corrected chi connectivity index (χ1v) is 11.5. The number of anilines is 2. The van der Waals surface area contributed by atoms with Crippen molar-refractivity contribution in [3.63, 3.8) is 0 Å². The van der Waals surface area contributed by atoms with Crippen LogP contribution in [-0.4, -0.2) is 41.3 Å². The molecular formula is C23H24N2O6S. The summed E-state index contributed by atoms with van der Waals surface area (Å²) >= 11 is 0. The van der Waals surface area contributed by atoms with Gasteiger partial charge in [-0.05, 0) is 36.4 Å². The number of ether oxygens (including phenoxy) is 3. The first-order chi connectivity index (χ1) is 15.3. The monoisotopic (exact) mass is 456 g/mol. The zero-order valence-corrected chi connectivity index (χ0v) is 18.8. The molecule has 0 heterocycles. The molecule has 0 bridgehead atoms. The van der Waals surface area contributed by atoms with Gasteiger partial charge in [0.2, 0.25) is 15.9 Å². The molecule has 1 N–H and O–H groups in total. The molecule has 0 atom stereocenters. The van der Waals surface area contributed by atoms with Crippen LogP contribution in [0.1, 0.15) is 0 Å². The van der Waals surface area contributed by atoms with Crippen LogP contribution < -0.4 is 23.8 Å². The highest BCUT2D eigenvalue weighted by molar-refractivity contribution is 7.92. The third-order valence-corrected chi connectivity index (χ3v) is 5.60. The molecule has 0 aliphatic heterocycles. The van der Waals surface area contributed by atoms with Crippen LogP contribution in [0.15, 0.2) is 72.8 Å². The molecule has 0 aromatic heterocycles. The molecule has 3 rings (SSSR count). The van der Waals surface area contributed by atoms with E-state index in [0.29, 0.717) is 22.9 Å². The van der Waals surface area contributed by atoms with Gasteiger partial charge in [0.1, 0.15) is 23.8 Å². The van der Waals surface area contributed by atoms with Crippen molar-refractivity contribution in [1.82, 2.24) is 0 Å². The highest BCUT2D eigenvalue weighted by Crippen LogP contribution is 2.34. The fourth-order valence-electron chi connectivity index (χ4n) is 2.97. The maximum Gasteiger partial charge on any atom is 0.245 e. The molecule has 0 aliphatic rings. The molecule has 0 aliphatic carbocycles. The summed E-state index contributed by atoms with van der Waals surface area (Å²) in [5.74, 6) is 1.20. The van der Waals surface area contributed by atoms with Crippen molar-refractivity contribution in [2.45, 2.75) is 0 Å². The van der Waals surface area contributed by atoms with E-state index in [-0.39, 0.29) is 11.4 Å². The lowest BCUT2D eigenvalue weighted by molar-refractivity contribution is -0.114. The van der Waals surface area contributed by atoms with Crippen molar-refractivity contribution in [2.75, 3.05) is 36.6 Å². The van der Waals surface area contributed by atoms with E-state index in [1.165, 1.54) is 20.3 Å². The molecule has 3 aromatic rings. The van der Waals surface area contributed by atoms with Crippen LogP contribution in [0.2, 0.25) is 0 Å². The number of para-hydroxylation sites is 3. The second-order valence-corrected chi connectivity index (χ2v) is 8.67. The number of benzene rings is 3. The normalized spacial score (nSPS) is 10.8. The number of sulfonamides is 1. The van der Waals surface area contributed by atoms with Gasteiger partial charge in [0, 0.05) is 6.07 Å². The molecule has 1 amide bonds. The number of carbonyl (C=O) groups excluding carboxylic acids is 1. The summed E-state index contributed by atoms with van der Waals surface area (Å²) in [6.45, 7) is -0.470. The minimum absolute atomic E-state index is 0.193. The number of nitrogens with zero attached hydrogens (tertiary/aromatic N) is 1. The number of nitrogens with one attached hydrogen (secondary N) is 1. The van der Waals surface area contributed by atoms with E-state index >= 15 is 0 Å². The number of rotatable bonds is 9. The molecule has 0 spiro atoms. The van der Waals surface area contributed by atoms with Gasteiger partial charge in [0.25, 0.3) is 0 Å². The fourth-order valence-corrected chi connectivity index (χ4v) is 3.82. The second-order valence-electron chi connectivity index (χ2n) is 6.77. The maximum atomic E-state index is 12.9. The van der Waals surface area contributed by atoms with Crippen LogP contribution in [0.4, 0.5) is 11.4 Å². The molecule has 0 saturated heterocycles. The van der Waals surface area contributed by atoms with Crippen molar-refractivity contribution in [2.24, 2.45) is 0 Å². The third-order valence-electron chi connectivity index (χ3n) is 4.47. The molecule has 0 saturated carbocycles. The van der Waals surface area contributed by atoms with Gasteiger partial charge in [-0.1, -0.05) is 30.3 Å². The number of hydrogen-bond acceptors (Lipinski definition) is 6. The van der Waals surface area contributed by atoms with Crippen molar-refractivity contribution < 1.29 is 27.4 Å². The van der Waals surface area contributed by atoms with Crippen LogP contribution >= 0.6 is 0 Å². The smallest absolute Gasteiger partial charge is 0.245 e. The average molecular weight is 457 g/mol. The summed E-state index contributed by atoms with van der Waals surface area (Å²) in [4.78, 5) is 12.9. The maximum absolute atomic E-state index is 12.9.